The third-order valence-electron chi connectivity index (χ3n) is 4.32. The molecule has 0 aromatic carbocycles. The SMILES string of the molecule is CC1CC(N)CC(C(=O)NC2CCC(=O)N(C)C2=O)C1. The zero-order chi connectivity index (χ0) is 14.9. The predicted molar refractivity (Wildman–Crippen MR) is 73.4 cm³/mol. The minimum Gasteiger partial charge on any atom is -0.344 e. The largest absolute Gasteiger partial charge is 0.344 e. The minimum atomic E-state index is -0.571. The lowest BCUT2D eigenvalue weighted by molar-refractivity contribution is -0.149. The molecule has 2 rings (SSSR count). The minimum absolute atomic E-state index is 0.0563. The lowest BCUT2D eigenvalue weighted by atomic mass is 9.79. The van der Waals surface area contributed by atoms with Crippen molar-refractivity contribution < 1.29 is 14.4 Å². The quantitative estimate of drug-likeness (QED) is 0.698. The molecule has 1 saturated carbocycles. The highest BCUT2D eigenvalue weighted by molar-refractivity contribution is 6.01. The van der Waals surface area contributed by atoms with E-state index in [0.717, 1.165) is 17.7 Å². The molecule has 4 unspecified atom stereocenters. The van der Waals surface area contributed by atoms with Crippen LogP contribution in [0.5, 0.6) is 0 Å². The Balaban J connectivity index is 1.94. The maximum Gasteiger partial charge on any atom is 0.251 e. The van der Waals surface area contributed by atoms with Gasteiger partial charge in [-0.25, -0.2) is 0 Å². The second kappa shape index (κ2) is 5.91. The van der Waals surface area contributed by atoms with E-state index < -0.39 is 6.04 Å². The fourth-order valence-corrected chi connectivity index (χ4v) is 3.21. The first-order valence-corrected chi connectivity index (χ1v) is 7.24. The molecule has 112 valence electrons. The van der Waals surface area contributed by atoms with Crippen molar-refractivity contribution in [2.45, 2.75) is 51.1 Å². The van der Waals surface area contributed by atoms with Gasteiger partial charge in [-0.05, 0) is 31.6 Å². The summed E-state index contributed by atoms with van der Waals surface area (Å²) in [4.78, 5) is 36.7. The molecule has 3 N–H and O–H groups in total. The van der Waals surface area contributed by atoms with Crippen LogP contribution in [0.3, 0.4) is 0 Å². The average Bonchev–Trinajstić information content (AvgIpc) is 2.38. The van der Waals surface area contributed by atoms with Gasteiger partial charge in [-0.2, -0.15) is 0 Å². The lowest BCUT2D eigenvalue weighted by Gasteiger charge is -2.33. The van der Waals surface area contributed by atoms with Crippen molar-refractivity contribution in [2.75, 3.05) is 7.05 Å². The van der Waals surface area contributed by atoms with Gasteiger partial charge in [0.05, 0.1) is 0 Å². The Hall–Kier alpha value is -1.43. The van der Waals surface area contributed by atoms with E-state index in [-0.39, 0.29) is 29.7 Å². The number of piperidine rings is 1. The molecule has 0 aromatic heterocycles. The smallest absolute Gasteiger partial charge is 0.251 e. The van der Waals surface area contributed by atoms with Crippen molar-refractivity contribution >= 4 is 17.7 Å². The van der Waals surface area contributed by atoms with Gasteiger partial charge in [-0.1, -0.05) is 6.92 Å². The molecule has 1 aliphatic carbocycles. The Kier molecular flexibility index (Phi) is 4.42. The zero-order valence-electron chi connectivity index (χ0n) is 12.1. The Morgan fingerprint density at radius 3 is 2.65 bits per heavy atom. The number of rotatable bonds is 2. The average molecular weight is 281 g/mol. The molecule has 0 aromatic rings. The van der Waals surface area contributed by atoms with Crippen molar-refractivity contribution in [3.05, 3.63) is 0 Å². The maximum absolute atomic E-state index is 12.3. The number of hydrogen-bond acceptors (Lipinski definition) is 4. The molecule has 1 saturated heterocycles. The molecule has 0 radical (unpaired) electrons. The molecular formula is C14H23N3O3. The standard InChI is InChI=1S/C14H23N3O3/c1-8-5-9(7-10(15)6-8)13(19)16-11-3-4-12(18)17(2)14(11)20/h8-11H,3-7,15H2,1-2H3,(H,16,19). The van der Waals surface area contributed by atoms with E-state index >= 15 is 0 Å². The van der Waals surface area contributed by atoms with Gasteiger partial charge in [0.15, 0.2) is 0 Å². The molecule has 0 bridgehead atoms. The molecule has 6 nitrogen and oxygen atoms in total. The zero-order valence-corrected chi connectivity index (χ0v) is 12.1. The van der Waals surface area contributed by atoms with Gasteiger partial charge < -0.3 is 11.1 Å². The molecule has 1 heterocycles. The third kappa shape index (κ3) is 3.17. The van der Waals surface area contributed by atoms with E-state index in [9.17, 15) is 14.4 Å². The first-order valence-electron chi connectivity index (χ1n) is 7.24. The summed E-state index contributed by atoms with van der Waals surface area (Å²) in [5.74, 6) is -0.296. The van der Waals surface area contributed by atoms with Crippen LogP contribution < -0.4 is 11.1 Å². The van der Waals surface area contributed by atoms with Gasteiger partial charge >= 0.3 is 0 Å². The number of nitrogens with one attached hydrogen (secondary N) is 1. The second-order valence-electron chi connectivity index (χ2n) is 6.16. The van der Waals surface area contributed by atoms with Gasteiger partial charge in [-0.3, -0.25) is 19.3 Å². The summed E-state index contributed by atoms with van der Waals surface area (Å²) >= 11 is 0. The molecule has 3 amide bonds. The molecule has 4 atom stereocenters. The molecule has 2 fully saturated rings. The second-order valence-corrected chi connectivity index (χ2v) is 6.16. The topological polar surface area (TPSA) is 92.5 Å². The molecular weight excluding hydrogens is 258 g/mol. The number of nitrogens with two attached hydrogens (primary N) is 1. The summed E-state index contributed by atoms with van der Waals surface area (Å²) in [6, 6.07) is -0.514. The number of hydrogen-bond donors (Lipinski definition) is 2. The number of likely N-dealkylation sites (tertiary alicyclic amines) is 1. The number of carbonyl (C=O) groups is 3. The molecule has 20 heavy (non-hydrogen) atoms. The van der Waals surface area contributed by atoms with E-state index in [2.05, 4.69) is 12.2 Å². The van der Waals surface area contributed by atoms with Crippen LogP contribution in [-0.4, -0.2) is 41.8 Å². The Labute approximate surface area is 119 Å². The predicted octanol–water partition coefficient (Wildman–Crippen LogP) is 0.0135. The fraction of sp³-hybridized carbons (Fsp3) is 0.786. The van der Waals surface area contributed by atoms with Gasteiger partial charge in [0.2, 0.25) is 11.8 Å². The van der Waals surface area contributed by atoms with Crippen molar-refractivity contribution in [2.24, 2.45) is 17.6 Å². The van der Waals surface area contributed by atoms with Gasteiger partial charge in [0.1, 0.15) is 6.04 Å². The summed E-state index contributed by atoms with van der Waals surface area (Å²) in [5, 5.41) is 2.79. The van der Waals surface area contributed by atoms with Crippen molar-refractivity contribution in [1.29, 1.82) is 0 Å². The monoisotopic (exact) mass is 281 g/mol. The highest BCUT2D eigenvalue weighted by atomic mass is 16.2. The number of imide groups is 1. The first kappa shape index (κ1) is 15.0. The van der Waals surface area contributed by atoms with Crippen molar-refractivity contribution in [3.63, 3.8) is 0 Å². The Morgan fingerprint density at radius 1 is 1.30 bits per heavy atom. The van der Waals surface area contributed by atoms with Crippen LogP contribution in [0.4, 0.5) is 0 Å². The number of nitrogens with zero attached hydrogens (tertiary/aromatic N) is 1. The van der Waals surface area contributed by atoms with Crippen LogP contribution >= 0.6 is 0 Å². The van der Waals surface area contributed by atoms with E-state index in [1.807, 2.05) is 0 Å². The number of amides is 3. The van der Waals surface area contributed by atoms with Crippen molar-refractivity contribution in [1.82, 2.24) is 10.2 Å². The molecule has 1 aliphatic heterocycles. The fourth-order valence-electron chi connectivity index (χ4n) is 3.21. The van der Waals surface area contributed by atoms with E-state index in [1.165, 1.54) is 7.05 Å². The number of carbonyl (C=O) groups excluding carboxylic acids is 3. The summed E-state index contributed by atoms with van der Waals surface area (Å²) in [6.45, 7) is 2.09. The summed E-state index contributed by atoms with van der Waals surface area (Å²) < 4.78 is 0. The highest BCUT2D eigenvalue weighted by Crippen LogP contribution is 2.28. The normalized spacial score (nSPS) is 35.0. The van der Waals surface area contributed by atoms with Gasteiger partial charge in [0, 0.05) is 25.4 Å². The number of likely N-dealkylation sites (N-methyl/N-ethyl adjacent to an activating group) is 1. The van der Waals surface area contributed by atoms with Crippen LogP contribution in [0.1, 0.15) is 39.0 Å². The molecule has 0 spiro atoms. The Bertz CT molecular complexity index is 414. The maximum atomic E-state index is 12.3. The molecule has 6 heteroatoms. The summed E-state index contributed by atoms with van der Waals surface area (Å²) in [7, 11) is 1.46. The van der Waals surface area contributed by atoms with Crippen LogP contribution in [0, 0.1) is 11.8 Å². The van der Waals surface area contributed by atoms with Gasteiger partial charge in [-0.15, -0.1) is 0 Å². The van der Waals surface area contributed by atoms with Crippen LogP contribution in [0.15, 0.2) is 0 Å². The van der Waals surface area contributed by atoms with Crippen molar-refractivity contribution in [3.8, 4) is 0 Å². The van der Waals surface area contributed by atoms with Crippen LogP contribution in [0.2, 0.25) is 0 Å². The molecule has 2 aliphatic rings. The lowest BCUT2D eigenvalue weighted by Crippen LogP contribution is -2.54. The van der Waals surface area contributed by atoms with E-state index in [4.69, 9.17) is 5.73 Å². The third-order valence-corrected chi connectivity index (χ3v) is 4.32. The van der Waals surface area contributed by atoms with E-state index in [1.54, 1.807) is 0 Å². The first-order chi connectivity index (χ1) is 9.38. The summed E-state index contributed by atoms with van der Waals surface area (Å²) in [6.07, 6.45) is 3.13. The van der Waals surface area contributed by atoms with E-state index in [0.29, 0.717) is 25.2 Å². The highest BCUT2D eigenvalue weighted by Gasteiger charge is 2.35. The summed E-state index contributed by atoms with van der Waals surface area (Å²) in [5.41, 5.74) is 5.95. The van der Waals surface area contributed by atoms with Crippen LogP contribution in [-0.2, 0) is 14.4 Å². The van der Waals surface area contributed by atoms with Gasteiger partial charge in [0.25, 0.3) is 5.91 Å². The van der Waals surface area contributed by atoms with Crippen LogP contribution in [0.25, 0.3) is 0 Å². The Morgan fingerprint density at radius 2 is 2.00 bits per heavy atom.